The number of aryl methyl sites for hydroxylation is 1. The average Bonchev–Trinajstić information content (AvgIpc) is 3.05. The molecular formula is C27H24N2O2. The van der Waals surface area contributed by atoms with Gasteiger partial charge in [0.25, 0.3) is 11.8 Å². The molecule has 0 N–H and O–H groups in total. The zero-order valence-electron chi connectivity index (χ0n) is 17.5. The van der Waals surface area contributed by atoms with Gasteiger partial charge in [0.2, 0.25) is 0 Å². The third-order valence-electron chi connectivity index (χ3n) is 6.11. The second-order valence-corrected chi connectivity index (χ2v) is 8.21. The fourth-order valence-electron chi connectivity index (χ4n) is 4.43. The fourth-order valence-corrected chi connectivity index (χ4v) is 4.43. The van der Waals surface area contributed by atoms with E-state index in [2.05, 4.69) is 23.1 Å². The van der Waals surface area contributed by atoms with Gasteiger partial charge in [0.15, 0.2) is 0 Å². The van der Waals surface area contributed by atoms with Gasteiger partial charge in [0.05, 0.1) is 12.1 Å². The van der Waals surface area contributed by atoms with Crippen molar-refractivity contribution in [2.24, 2.45) is 0 Å². The minimum absolute atomic E-state index is 0.205. The van der Waals surface area contributed by atoms with E-state index in [0.717, 1.165) is 29.7 Å². The quantitative estimate of drug-likeness (QED) is 0.603. The lowest BCUT2D eigenvalue weighted by Gasteiger charge is -2.31. The van der Waals surface area contributed by atoms with E-state index >= 15 is 0 Å². The van der Waals surface area contributed by atoms with Crippen molar-refractivity contribution in [1.29, 1.82) is 0 Å². The molecule has 3 aromatic rings. The Bertz CT molecular complexity index is 1180. The topological polar surface area (TPSA) is 40.6 Å². The molecule has 2 aliphatic rings. The van der Waals surface area contributed by atoms with E-state index in [0.29, 0.717) is 17.8 Å². The highest BCUT2D eigenvalue weighted by Crippen LogP contribution is 2.35. The highest BCUT2D eigenvalue weighted by atomic mass is 16.2. The molecule has 0 spiro atoms. The Kier molecular flexibility index (Phi) is 4.91. The molecule has 0 aromatic heterocycles. The van der Waals surface area contributed by atoms with Gasteiger partial charge in [-0.15, -0.1) is 0 Å². The summed E-state index contributed by atoms with van der Waals surface area (Å²) in [5, 5.41) is 0. The lowest BCUT2D eigenvalue weighted by molar-refractivity contribution is -0.138. The van der Waals surface area contributed by atoms with Gasteiger partial charge >= 0.3 is 0 Å². The second-order valence-electron chi connectivity index (χ2n) is 8.21. The molecule has 0 aliphatic carbocycles. The summed E-state index contributed by atoms with van der Waals surface area (Å²) in [5.74, 6) is -0.422. The van der Waals surface area contributed by atoms with Crippen molar-refractivity contribution in [2.45, 2.75) is 26.4 Å². The minimum atomic E-state index is -0.217. The molecule has 0 saturated carbocycles. The van der Waals surface area contributed by atoms with Crippen LogP contribution in [0.25, 0.3) is 5.57 Å². The maximum Gasteiger partial charge on any atom is 0.278 e. The molecule has 154 valence electrons. The number of carbonyl (C=O) groups is 2. The van der Waals surface area contributed by atoms with Gasteiger partial charge in [-0.3, -0.25) is 14.5 Å². The lowest BCUT2D eigenvalue weighted by atomic mass is 9.98. The number of hydrogen-bond acceptors (Lipinski definition) is 3. The summed E-state index contributed by atoms with van der Waals surface area (Å²) in [6, 6.07) is 25.9. The largest absolute Gasteiger partial charge is 0.362 e. The van der Waals surface area contributed by atoms with Crippen molar-refractivity contribution in [1.82, 2.24) is 9.80 Å². The van der Waals surface area contributed by atoms with Gasteiger partial charge in [-0.2, -0.15) is 0 Å². The molecule has 2 heterocycles. The second kappa shape index (κ2) is 7.88. The first-order chi connectivity index (χ1) is 15.1. The van der Waals surface area contributed by atoms with Crippen LogP contribution in [0.4, 0.5) is 0 Å². The van der Waals surface area contributed by atoms with E-state index in [1.807, 2.05) is 67.6 Å². The molecule has 2 amide bonds. The molecular weight excluding hydrogens is 384 g/mol. The van der Waals surface area contributed by atoms with Gasteiger partial charge in [0.1, 0.15) is 5.70 Å². The zero-order chi connectivity index (χ0) is 21.4. The van der Waals surface area contributed by atoms with Crippen molar-refractivity contribution in [3.63, 3.8) is 0 Å². The Labute approximate surface area is 182 Å². The molecule has 0 bridgehead atoms. The highest BCUT2D eigenvalue weighted by molar-refractivity contribution is 6.35. The summed E-state index contributed by atoms with van der Waals surface area (Å²) in [4.78, 5) is 30.6. The average molecular weight is 409 g/mol. The van der Waals surface area contributed by atoms with Gasteiger partial charge in [-0.25, -0.2) is 0 Å². The summed E-state index contributed by atoms with van der Waals surface area (Å²) in [6.07, 6.45) is 0.862. The van der Waals surface area contributed by atoms with E-state index in [1.165, 1.54) is 16.0 Å². The Balaban J connectivity index is 1.53. The minimum Gasteiger partial charge on any atom is -0.362 e. The highest BCUT2D eigenvalue weighted by Gasteiger charge is 2.42. The van der Waals surface area contributed by atoms with Crippen LogP contribution in [0.3, 0.4) is 0 Å². The van der Waals surface area contributed by atoms with Gasteiger partial charge in [-0.05, 0) is 35.6 Å². The molecule has 0 radical (unpaired) electrons. The standard InChI is InChI=1S/C27H24N2O2/c1-19-11-13-20(14-12-19)17-29-26(30)24(22-8-3-2-4-9-22)25(27(29)31)28-16-15-21-7-5-6-10-23(21)18-28/h2-14H,15-18H2,1H3. The molecule has 4 nitrogen and oxygen atoms in total. The Morgan fingerprint density at radius 3 is 2.19 bits per heavy atom. The predicted molar refractivity (Wildman–Crippen MR) is 121 cm³/mol. The summed E-state index contributed by atoms with van der Waals surface area (Å²) in [5.41, 5.74) is 6.46. The van der Waals surface area contributed by atoms with Crippen molar-refractivity contribution < 1.29 is 9.59 Å². The number of benzene rings is 3. The van der Waals surface area contributed by atoms with Crippen LogP contribution in [0, 0.1) is 6.92 Å². The first-order valence-corrected chi connectivity index (χ1v) is 10.6. The zero-order valence-corrected chi connectivity index (χ0v) is 17.5. The summed E-state index contributed by atoms with van der Waals surface area (Å²) in [6.45, 7) is 3.67. The van der Waals surface area contributed by atoms with Gasteiger partial charge < -0.3 is 4.90 Å². The number of amides is 2. The SMILES string of the molecule is Cc1ccc(CN2C(=O)C(c3ccccc3)=C(N3CCc4ccccc4C3)C2=O)cc1. The lowest BCUT2D eigenvalue weighted by Crippen LogP contribution is -2.37. The van der Waals surface area contributed by atoms with E-state index in [9.17, 15) is 9.59 Å². The van der Waals surface area contributed by atoms with Crippen molar-refractivity contribution >= 4 is 17.4 Å². The van der Waals surface area contributed by atoms with E-state index in [-0.39, 0.29) is 18.4 Å². The molecule has 0 fully saturated rings. The van der Waals surface area contributed by atoms with Crippen molar-refractivity contribution in [3.05, 3.63) is 112 Å². The third kappa shape index (κ3) is 3.55. The number of carbonyl (C=O) groups excluding carboxylic acids is 2. The maximum absolute atomic E-state index is 13.6. The molecule has 31 heavy (non-hydrogen) atoms. The Hall–Kier alpha value is -3.66. The third-order valence-corrected chi connectivity index (χ3v) is 6.11. The first kappa shape index (κ1) is 19.3. The fraction of sp³-hybridized carbons (Fsp3) is 0.185. The number of fused-ring (bicyclic) bond motifs is 1. The van der Waals surface area contributed by atoms with E-state index in [1.54, 1.807) is 0 Å². The molecule has 0 atom stereocenters. The normalized spacial score (nSPS) is 16.2. The Morgan fingerprint density at radius 2 is 1.45 bits per heavy atom. The van der Waals surface area contributed by atoms with Crippen LogP contribution in [0.2, 0.25) is 0 Å². The van der Waals surface area contributed by atoms with E-state index in [4.69, 9.17) is 0 Å². The van der Waals surface area contributed by atoms with Crippen LogP contribution in [-0.2, 0) is 29.1 Å². The van der Waals surface area contributed by atoms with Crippen LogP contribution in [0.15, 0.2) is 84.6 Å². The van der Waals surface area contributed by atoms with Gasteiger partial charge in [-0.1, -0.05) is 84.4 Å². The summed E-state index contributed by atoms with van der Waals surface area (Å²) < 4.78 is 0. The number of rotatable bonds is 4. The van der Waals surface area contributed by atoms with Crippen LogP contribution in [0.1, 0.15) is 27.8 Å². The predicted octanol–water partition coefficient (Wildman–Crippen LogP) is 4.33. The monoisotopic (exact) mass is 408 g/mol. The van der Waals surface area contributed by atoms with Crippen LogP contribution in [-0.4, -0.2) is 28.2 Å². The number of imide groups is 1. The number of nitrogens with zero attached hydrogens (tertiary/aromatic N) is 2. The molecule has 0 unspecified atom stereocenters. The number of hydrogen-bond donors (Lipinski definition) is 0. The summed E-state index contributed by atoms with van der Waals surface area (Å²) >= 11 is 0. The van der Waals surface area contributed by atoms with Crippen LogP contribution >= 0.6 is 0 Å². The maximum atomic E-state index is 13.6. The van der Waals surface area contributed by atoms with Crippen LogP contribution in [0.5, 0.6) is 0 Å². The van der Waals surface area contributed by atoms with Crippen molar-refractivity contribution in [3.8, 4) is 0 Å². The van der Waals surface area contributed by atoms with Crippen LogP contribution < -0.4 is 0 Å². The molecule has 4 heteroatoms. The summed E-state index contributed by atoms with van der Waals surface area (Å²) in [7, 11) is 0. The molecule has 3 aromatic carbocycles. The first-order valence-electron chi connectivity index (χ1n) is 10.6. The molecule has 2 aliphatic heterocycles. The molecule has 0 saturated heterocycles. The van der Waals surface area contributed by atoms with Gasteiger partial charge in [0, 0.05) is 13.1 Å². The Morgan fingerprint density at radius 1 is 0.774 bits per heavy atom. The smallest absolute Gasteiger partial charge is 0.278 e. The van der Waals surface area contributed by atoms with E-state index < -0.39 is 0 Å². The molecule has 5 rings (SSSR count). The van der Waals surface area contributed by atoms with Crippen molar-refractivity contribution in [2.75, 3.05) is 6.54 Å².